The summed E-state index contributed by atoms with van der Waals surface area (Å²) in [5.74, 6) is 1.74. The summed E-state index contributed by atoms with van der Waals surface area (Å²) in [6, 6.07) is 7.31. The highest BCUT2D eigenvalue weighted by atomic mass is 35.5. The number of rotatable bonds is 5. The molecule has 1 aliphatic heterocycles. The number of halogens is 1. The van der Waals surface area contributed by atoms with Crippen molar-refractivity contribution in [2.75, 3.05) is 18.4 Å². The minimum atomic E-state index is -0.214. The molecule has 8 heteroatoms. The van der Waals surface area contributed by atoms with Gasteiger partial charge in [0.15, 0.2) is 11.5 Å². The van der Waals surface area contributed by atoms with Crippen LogP contribution in [0.2, 0.25) is 5.02 Å². The largest absolute Gasteiger partial charge is 0.440 e. The van der Waals surface area contributed by atoms with Gasteiger partial charge in [-0.1, -0.05) is 11.6 Å². The molecule has 1 aromatic carbocycles. The average molecular weight is 416 g/mol. The number of nitrogens with zero attached hydrogens (tertiary/aromatic N) is 4. The van der Waals surface area contributed by atoms with Crippen LogP contribution >= 0.6 is 11.6 Å². The lowest BCUT2D eigenvalue weighted by Gasteiger charge is -2.34. The molecule has 1 aliphatic rings. The van der Waals surface area contributed by atoms with Gasteiger partial charge >= 0.3 is 0 Å². The van der Waals surface area contributed by atoms with E-state index in [0.717, 1.165) is 48.7 Å². The van der Waals surface area contributed by atoms with E-state index in [1.165, 1.54) is 0 Å². The van der Waals surface area contributed by atoms with Gasteiger partial charge in [-0.3, -0.25) is 9.69 Å². The van der Waals surface area contributed by atoms with E-state index in [1.54, 1.807) is 6.20 Å². The van der Waals surface area contributed by atoms with E-state index in [0.29, 0.717) is 5.02 Å². The summed E-state index contributed by atoms with van der Waals surface area (Å²) in [4.78, 5) is 19.6. The molecule has 1 amide bonds. The second-order valence-corrected chi connectivity index (χ2v) is 8.33. The number of carbonyl (C=O) groups excluding carboxylic acids is 1. The molecule has 1 atom stereocenters. The van der Waals surface area contributed by atoms with Crippen molar-refractivity contribution >= 4 is 34.4 Å². The molecular formula is C21H26ClN5O2. The molecule has 0 radical (unpaired) electrons. The van der Waals surface area contributed by atoms with Crippen molar-refractivity contribution in [3.05, 3.63) is 41.4 Å². The van der Waals surface area contributed by atoms with Crippen LogP contribution < -0.4 is 5.32 Å². The summed E-state index contributed by atoms with van der Waals surface area (Å²) in [6.07, 6.45) is 3.52. The van der Waals surface area contributed by atoms with Crippen molar-refractivity contribution < 1.29 is 9.21 Å². The van der Waals surface area contributed by atoms with Gasteiger partial charge in [0.1, 0.15) is 11.3 Å². The van der Waals surface area contributed by atoms with Crippen molar-refractivity contribution in [2.45, 2.75) is 51.6 Å². The lowest BCUT2D eigenvalue weighted by Crippen LogP contribution is -2.46. The molecule has 3 aromatic rings. The maximum atomic E-state index is 12.7. The molecule has 0 saturated carbocycles. The summed E-state index contributed by atoms with van der Waals surface area (Å²) >= 11 is 6.04. The minimum absolute atomic E-state index is 0.0117. The molecule has 2 aromatic heterocycles. The van der Waals surface area contributed by atoms with Crippen LogP contribution in [0.5, 0.6) is 0 Å². The maximum absolute atomic E-state index is 12.7. The third-order valence-corrected chi connectivity index (χ3v) is 5.82. The molecule has 1 N–H and O–H groups in total. The number of amides is 1. The second-order valence-electron chi connectivity index (χ2n) is 7.89. The highest BCUT2D eigenvalue weighted by Gasteiger charge is 2.30. The Morgan fingerprint density at radius 2 is 2.00 bits per heavy atom. The van der Waals surface area contributed by atoms with Crippen LogP contribution in [-0.4, -0.2) is 44.7 Å². The number of nitrogens with one attached hydrogen (secondary N) is 1. The van der Waals surface area contributed by atoms with Crippen LogP contribution in [0.15, 0.2) is 34.9 Å². The molecule has 154 valence electrons. The molecular weight excluding hydrogens is 390 g/mol. The molecule has 1 saturated heterocycles. The zero-order valence-electron chi connectivity index (χ0n) is 16.9. The van der Waals surface area contributed by atoms with E-state index in [1.807, 2.05) is 49.7 Å². The van der Waals surface area contributed by atoms with Gasteiger partial charge in [-0.15, -0.1) is 0 Å². The number of hydrogen-bond donors (Lipinski definition) is 1. The summed E-state index contributed by atoms with van der Waals surface area (Å²) in [5.41, 5.74) is 1.56. The number of hydrogen-bond acceptors (Lipinski definition) is 5. The number of fused-ring (bicyclic) bond motifs is 1. The Hall–Kier alpha value is -2.38. The summed E-state index contributed by atoms with van der Waals surface area (Å²) < 4.78 is 7.75. The summed E-state index contributed by atoms with van der Waals surface area (Å²) in [5, 5.41) is 7.94. The fraction of sp³-hybridized carbons (Fsp3) is 0.476. The standard InChI is InChI=1S/C21H26ClN5O2/c1-13(2)27-19(6-9-23-27)25-20(28)14(3)26-10-7-15(8-11-26)21-24-17-12-16(22)4-5-18(17)29-21/h4-6,9,12-15H,7-8,10-11H2,1-3H3,(H,25,28)/t14-/m0/s1. The second kappa shape index (κ2) is 8.16. The van der Waals surface area contributed by atoms with E-state index in [9.17, 15) is 4.79 Å². The summed E-state index contributed by atoms with van der Waals surface area (Å²) in [6.45, 7) is 7.67. The van der Waals surface area contributed by atoms with Gasteiger partial charge in [-0.2, -0.15) is 5.10 Å². The van der Waals surface area contributed by atoms with Gasteiger partial charge in [0, 0.05) is 23.0 Å². The smallest absolute Gasteiger partial charge is 0.242 e. The number of benzene rings is 1. The van der Waals surface area contributed by atoms with Crippen LogP contribution in [-0.2, 0) is 4.79 Å². The highest BCUT2D eigenvalue weighted by Crippen LogP contribution is 2.31. The Balaban J connectivity index is 1.36. The van der Waals surface area contributed by atoms with Gasteiger partial charge in [0.2, 0.25) is 5.91 Å². The molecule has 3 heterocycles. The average Bonchev–Trinajstić information content (AvgIpc) is 3.34. The Kier molecular flexibility index (Phi) is 5.61. The van der Waals surface area contributed by atoms with Crippen LogP contribution in [0, 0.1) is 0 Å². The molecule has 29 heavy (non-hydrogen) atoms. The Bertz CT molecular complexity index is 1000. The number of likely N-dealkylation sites (tertiary alicyclic amines) is 1. The van der Waals surface area contributed by atoms with E-state index in [-0.39, 0.29) is 23.9 Å². The molecule has 1 fully saturated rings. The van der Waals surface area contributed by atoms with Gasteiger partial charge in [-0.05, 0) is 64.9 Å². The Morgan fingerprint density at radius 3 is 2.72 bits per heavy atom. The third-order valence-electron chi connectivity index (χ3n) is 5.58. The number of piperidine rings is 1. The predicted molar refractivity (Wildman–Crippen MR) is 113 cm³/mol. The van der Waals surface area contributed by atoms with Crippen molar-refractivity contribution in [2.24, 2.45) is 0 Å². The summed E-state index contributed by atoms with van der Waals surface area (Å²) in [7, 11) is 0. The lowest BCUT2D eigenvalue weighted by molar-refractivity contribution is -0.121. The fourth-order valence-electron chi connectivity index (χ4n) is 3.85. The van der Waals surface area contributed by atoms with Crippen LogP contribution in [0.25, 0.3) is 11.1 Å². The van der Waals surface area contributed by atoms with Crippen molar-refractivity contribution in [3.8, 4) is 0 Å². The lowest BCUT2D eigenvalue weighted by atomic mass is 9.95. The minimum Gasteiger partial charge on any atom is -0.440 e. The predicted octanol–water partition coefficient (Wildman–Crippen LogP) is 4.47. The van der Waals surface area contributed by atoms with Gasteiger partial charge in [0.05, 0.1) is 12.2 Å². The molecule has 4 rings (SSSR count). The molecule has 0 spiro atoms. The first-order valence-corrected chi connectivity index (χ1v) is 10.4. The van der Waals surface area contributed by atoms with Crippen molar-refractivity contribution in [1.29, 1.82) is 0 Å². The van der Waals surface area contributed by atoms with Gasteiger partial charge in [0.25, 0.3) is 0 Å². The first kappa shape index (κ1) is 19.9. The van der Waals surface area contributed by atoms with Crippen molar-refractivity contribution in [1.82, 2.24) is 19.7 Å². The van der Waals surface area contributed by atoms with Crippen LogP contribution in [0.3, 0.4) is 0 Å². The Labute approximate surface area is 175 Å². The number of carbonyl (C=O) groups is 1. The molecule has 7 nitrogen and oxygen atoms in total. The number of anilines is 1. The van der Waals surface area contributed by atoms with Crippen molar-refractivity contribution in [3.63, 3.8) is 0 Å². The molecule has 0 aliphatic carbocycles. The van der Waals surface area contributed by atoms with Crippen LogP contribution in [0.4, 0.5) is 5.82 Å². The monoisotopic (exact) mass is 415 g/mol. The third kappa shape index (κ3) is 4.16. The van der Waals surface area contributed by atoms with Gasteiger partial charge < -0.3 is 9.73 Å². The maximum Gasteiger partial charge on any atom is 0.242 e. The number of oxazole rings is 1. The van der Waals surface area contributed by atoms with E-state index in [2.05, 4.69) is 20.3 Å². The first-order chi connectivity index (χ1) is 13.9. The SMILES string of the molecule is CC(C)n1nccc1NC(=O)[C@H](C)N1CCC(c2nc3cc(Cl)ccc3o2)CC1. The van der Waals surface area contributed by atoms with Gasteiger partial charge in [-0.25, -0.2) is 9.67 Å². The van der Waals surface area contributed by atoms with Crippen LogP contribution in [0.1, 0.15) is 51.5 Å². The zero-order valence-corrected chi connectivity index (χ0v) is 17.7. The quantitative estimate of drug-likeness (QED) is 0.665. The van der Waals surface area contributed by atoms with E-state index < -0.39 is 0 Å². The first-order valence-electron chi connectivity index (χ1n) is 10.1. The normalized spacial score (nSPS) is 17.1. The highest BCUT2D eigenvalue weighted by molar-refractivity contribution is 6.31. The van der Waals surface area contributed by atoms with E-state index in [4.69, 9.17) is 16.0 Å². The number of aromatic nitrogens is 3. The molecule has 0 unspecified atom stereocenters. The topological polar surface area (TPSA) is 76.2 Å². The van der Waals surface area contributed by atoms with E-state index >= 15 is 0 Å². The molecule has 0 bridgehead atoms. The fourth-order valence-corrected chi connectivity index (χ4v) is 4.01. The Morgan fingerprint density at radius 1 is 1.24 bits per heavy atom. The zero-order chi connectivity index (χ0) is 20.5.